The van der Waals surface area contributed by atoms with Gasteiger partial charge in [0.15, 0.2) is 0 Å². The van der Waals surface area contributed by atoms with Crippen LogP contribution in [0.4, 0.5) is 10.5 Å². The number of furan rings is 1. The van der Waals surface area contributed by atoms with E-state index in [9.17, 15) is 14.7 Å². The highest BCUT2D eigenvalue weighted by Gasteiger charge is 2.25. The molecule has 4 N–H and O–H groups in total. The monoisotopic (exact) mass is 363 g/mol. The molecule has 1 atom stereocenters. The molecule has 0 saturated heterocycles. The quantitative estimate of drug-likeness (QED) is 0.633. The molecule has 0 radical (unpaired) electrons. The van der Waals surface area contributed by atoms with Crippen molar-refractivity contribution in [3.8, 4) is 0 Å². The molecular weight excluding hydrogens is 346 g/mol. The molecule has 1 aromatic carbocycles. The summed E-state index contributed by atoms with van der Waals surface area (Å²) in [6.45, 7) is -0.0119. The van der Waals surface area contributed by atoms with Crippen molar-refractivity contribution >= 4 is 29.2 Å². The number of anilines is 1. The van der Waals surface area contributed by atoms with Crippen LogP contribution in [0.3, 0.4) is 0 Å². The van der Waals surface area contributed by atoms with Crippen LogP contribution in [0.2, 0.25) is 5.02 Å². The zero-order valence-electron chi connectivity index (χ0n) is 13.3. The molecule has 1 unspecified atom stereocenters. The van der Waals surface area contributed by atoms with E-state index in [1.807, 2.05) is 0 Å². The summed E-state index contributed by atoms with van der Waals surface area (Å²) >= 11 is 6.06. The van der Waals surface area contributed by atoms with Gasteiger partial charge in [-0.1, -0.05) is 11.6 Å². The smallest absolute Gasteiger partial charge is 0.319 e. The van der Waals surface area contributed by atoms with Crippen LogP contribution in [0.25, 0.3) is 0 Å². The molecule has 0 bridgehead atoms. The average Bonchev–Trinajstić information content (AvgIpc) is 3.23. The molecule has 2 aromatic rings. The predicted octanol–water partition coefficient (Wildman–Crippen LogP) is 2.68. The fraction of sp³-hybridized carbons (Fsp3) is 0.294. The van der Waals surface area contributed by atoms with Gasteiger partial charge in [-0.25, -0.2) is 4.79 Å². The molecule has 1 saturated carbocycles. The van der Waals surface area contributed by atoms with Gasteiger partial charge < -0.3 is 25.5 Å². The topological polar surface area (TPSA) is 104 Å². The number of aliphatic hydroxyl groups excluding tert-OH is 1. The van der Waals surface area contributed by atoms with E-state index in [-0.39, 0.29) is 18.5 Å². The largest absolute Gasteiger partial charge is 0.467 e. The third-order valence-electron chi connectivity index (χ3n) is 3.71. The number of carbonyl (C=O) groups excluding carboxylic acids is 2. The Labute approximate surface area is 149 Å². The van der Waals surface area contributed by atoms with E-state index in [2.05, 4.69) is 16.0 Å². The number of hydrogen-bond acceptors (Lipinski definition) is 4. The highest BCUT2D eigenvalue weighted by atomic mass is 35.5. The van der Waals surface area contributed by atoms with E-state index in [4.69, 9.17) is 16.0 Å². The first-order valence-electron chi connectivity index (χ1n) is 7.89. The van der Waals surface area contributed by atoms with Crippen LogP contribution in [0.5, 0.6) is 0 Å². The number of benzene rings is 1. The minimum Gasteiger partial charge on any atom is -0.467 e. The molecule has 25 heavy (non-hydrogen) atoms. The first-order chi connectivity index (χ1) is 12.0. The van der Waals surface area contributed by atoms with E-state index < -0.39 is 12.1 Å². The lowest BCUT2D eigenvalue weighted by Crippen LogP contribution is -2.32. The predicted molar refractivity (Wildman–Crippen MR) is 92.6 cm³/mol. The number of rotatable bonds is 6. The molecule has 1 aromatic heterocycles. The van der Waals surface area contributed by atoms with Gasteiger partial charge in [-0.05, 0) is 43.2 Å². The maximum absolute atomic E-state index is 12.1. The Kier molecular flexibility index (Phi) is 5.25. The lowest BCUT2D eigenvalue weighted by Gasteiger charge is -2.12. The van der Waals surface area contributed by atoms with Crippen molar-refractivity contribution in [1.82, 2.24) is 10.6 Å². The van der Waals surface area contributed by atoms with Crippen molar-refractivity contribution in [2.75, 3.05) is 11.9 Å². The van der Waals surface area contributed by atoms with Crippen LogP contribution in [0.15, 0.2) is 41.0 Å². The molecule has 3 amide bonds. The Bertz CT molecular complexity index is 759. The molecule has 0 spiro atoms. The number of amides is 3. The molecule has 8 heteroatoms. The summed E-state index contributed by atoms with van der Waals surface area (Å²) in [5.41, 5.74) is 0.734. The summed E-state index contributed by atoms with van der Waals surface area (Å²) in [4.78, 5) is 24.1. The molecule has 132 valence electrons. The molecule has 1 fully saturated rings. The Balaban J connectivity index is 1.56. The van der Waals surface area contributed by atoms with Crippen molar-refractivity contribution in [3.63, 3.8) is 0 Å². The van der Waals surface area contributed by atoms with Crippen LogP contribution in [0, 0.1) is 0 Å². The van der Waals surface area contributed by atoms with Crippen molar-refractivity contribution < 1.29 is 19.1 Å². The second-order valence-corrected chi connectivity index (χ2v) is 6.22. The van der Waals surface area contributed by atoms with Gasteiger partial charge >= 0.3 is 6.03 Å². The van der Waals surface area contributed by atoms with Crippen LogP contribution in [0.1, 0.15) is 35.1 Å². The van der Waals surface area contributed by atoms with Crippen LogP contribution in [-0.4, -0.2) is 29.6 Å². The number of urea groups is 1. The van der Waals surface area contributed by atoms with Crippen molar-refractivity contribution in [1.29, 1.82) is 0 Å². The fourth-order valence-electron chi connectivity index (χ4n) is 2.21. The van der Waals surface area contributed by atoms with Gasteiger partial charge in [-0.15, -0.1) is 0 Å². The number of nitrogens with one attached hydrogen (secondary N) is 3. The second-order valence-electron chi connectivity index (χ2n) is 5.81. The Hall–Kier alpha value is -2.51. The van der Waals surface area contributed by atoms with E-state index >= 15 is 0 Å². The number of halogens is 1. The minimum atomic E-state index is -0.939. The zero-order valence-corrected chi connectivity index (χ0v) is 14.0. The van der Waals surface area contributed by atoms with E-state index in [1.165, 1.54) is 12.3 Å². The Morgan fingerprint density at radius 2 is 2.12 bits per heavy atom. The van der Waals surface area contributed by atoms with E-state index in [1.54, 1.807) is 24.3 Å². The lowest BCUT2D eigenvalue weighted by molar-refractivity contribution is 0.0951. The summed E-state index contributed by atoms with van der Waals surface area (Å²) in [6.07, 6.45) is 2.45. The van der Waals surface area contributed by atoms with Gasteiger partial charge in [0.05, 0.1) is 23.4 Å². The Morgan fingerprint density at radius 3 is 2.80 bits per heavy atom. The maximum atomic E-state index is 12.1. The Morgan fingerprint density at radius 1 is 1.32 bits per heavy atom. The molecule has 1 heterocycles. The molecule has 1 aliphatic carbocycles. The van der Waals surface area contributed by atoms with Crippen molar-refractivity contribution in [2.45, 2.75) is 25.0 Å². The van der Waals surface area contributed by atoms with E-state index in [0.29, 0.717) is 22.0 Å². The van der Waals surface area contributed by atoms with Crippen LogP contribution in [-0.2, 0) is 0 Å². The summed E-state index contributed by atoms with van der Waals surface area (Å²) in [6, 6.07) is 7.64. The molecular formula is C17H18ClN3O4. The lowest BCUT2D eigenvalue weighted by atomic mass is 10.2. The number of aliphatic hydroxyl groups is 1. The van der Waals surface area contributed by atoms with Gasteiger partial charge in [0.25, 0.3) is 5.91 Å². The highest BCUT2D eigenvalue weighted by Crippen LogP contribution is 2.24. The average molecular weight is 364 g/mol. The van der Waals surface area contributed by atoms with Gasteiger partial charge in [0, 0.05) is 11.7 Å². The summed E-state index contributed by atoms with van der Waals surface area (Å²) in [5, 5.41) is 18.2. The summed E-state index contributed by atoms with van der Waals surface area (Å²) in [7, 11) is 0. The molecule has 0 aliphatic heterocycles. The molecule has 7 nitrogen and oxygen atoms in total. The normalized spacial score (nSPS) is 14.6. The van der Waals surface area contributed by atoms with Gasteiger partial charge in [-0.3, -0.25) is 4.79 Å². The standard InChI is InChI=1S/C17H18ClN3O4/c18-13-6-5-11(8-12(13)16(23)20-10-3-4-10)21-17(24)19-9-14(22)15-2-1-7-25-15/h1-2,5-8,10,14,22H,3-4,9H2,(H,20,23)(H2,19,21,24). The summed E-state index contributed by atoms with van der Waals surface area (Å²) < 4.78 is 5.06. The van der Waals surface area contributed by atoms with Crippen molar-refractivity contribution in [2.24, 2.45) is 0 Å². The van der Waals surface area contributed by atoms with Gasteiger partial charge in [0.2, 0.25) is 0 Å². The third kappa shape index (κ3) is 4.74. The van der Waals surface area contributed by atoms with Crippen molar-refractivity contribution in [3.05, 3.63) is 52.9 Å². The maximum Gasteiger partial charge on any atom is 0.319 e. The second kappa shape index (κ2) is 7.58. The highest BCUT2D eigenvalue weighted by molar-refractivity contribution is 6.34. The molecule has 3 rings (SSSR count). The van der Waals surface area contributed by atoms with Gasteiger partial charge in [0.1, 0.15) is 11.9 Å². The van der Waals surface area contributed by atoms with Crippen LogP contribution < -0.4 is 16.0 Å². The minimum absolute atomic E-state index is 0.0119. The number of hydrogen-bond donors (Lipinski definition) is 4. The first kappa shape index (κ1) is 17.3. The number of carbonyl (C=O) groups is 2. The van der Waals surface area contributed by atoms with E-state index in [0.717, 1.165) is 12.8 Å². The SMILES string of the molecule is O=C(NCC(O)c1ccco1)Nc1ccc(Cl)c(C(=O)NC2CC2)c1. The summed E-state index contributed by atoms with van der Waals surface area (Å²) in [5.74, 6) is 0.107. The fourth-order valence-corrected chi connectivity index (χ4v) is 2.42. The first-order valence-corrected chi connectivity index (χ1v) is 8.27. The third-order valence-corrected chi connectivity index (χ3v) is 4.04. The van der Waals surface area contributed by atoms with Gasteiger partial charge in [-0.2, -0.15) is 0 Å². The van der Waals surface area contributed by atoms with Crippen LogP contribution >= 0.6 is 11.6 Å². The molecule has 1 aliphatic rings. The zero-order chi connectivity index (χ0) is 17.8.